The average Bonchev–Trinajstić information content (AvgIpc) is 3.17. The summed E-state index contributed by atoms with van der Waals surface area (Å²) in [5, 5.41) is 0. The zero-order valence-corrected chi connectivity index (χ0v) is 18.2. The fraction of sp³-hybridized carbons (Fsp3) is 0. The third-order valence-corrected chi connectivity index (χ3v) is 5.96. The van der Waals surface area contributed by atoms with Gasteiger partial charge in [-0.05, 0) is 52.6 Å². The van der Waals surface area contributed by atoms with Gasteiger partial charge in [-0.25, -0.2) is 0 Å². The van der Waals surface area contributed by atoms with Gasteiger partial charge in [0.25, 0.3) is 0 Å². The number of ketones is 1. The molecule has 0 amide bonds. The number of hydrogen-bond acceptors (Lipinski definition) is 2. The smallest absolute Gasteiger partial charge is 0.196 e. The number of nitrogens with zero attached hydrogens (tertiary/aromatic N) is 1. The summed E-state index contributed by atoms with van der Waals surface area (Å²) >= 11 is 0. The normalized spacial score (nSPS) is 12.1. The van der Waals surface area contributed by atoms with Crippen LogP contribution in [0.5, 0.6) is 0 Å². The molecule has 0 saturated carbocycles. The third-order valence-electron chi connectivity index (χ3n) is 5.96. The molecule has 0 aromatic heterocycles. The lowest BCUT2D eigenvalue weighted by Gasteiger charge is -2.28. The molecule has 0 heterocycles. The highest BCUT2D eigenvalue weighted by Gasteiger charge is 2.31. The fourth-order valence-electron chi connectivity index (χ4n) is 4.46. The predicted octanol–water partition coefficient (Wildman–Crippen LogP) is 7.96. The van der Waals surface area contributed by atoms with Gasteiger partial charge in [0.05, 0.1) is 11.3 Å². The third kappa shape index (κ3) is 3.52. The Morgan fingerprint density at radius 2 is 1.30 bits per heavy atom. The molecule has 0 unspecified atom stereocenters. The molecular weight excluding hydrogens is 402 g/mol. The van der Waals surface area contributed by atoms with Gasteiger partial charge in [-0.2, -0.15) is 0 Å². The lowest BCUT2D eigenvalue weighted by molar-refractivity contribution is 0.104. The first-order valence-corrected chi connectivity index (χ1v) is 10.9. The van der Waals surface area contributed by atoms with Gasteiger partial charge in [0.15, 0.2) is 5.78 Å². The fourth-order valence-corrected chi connectivity index (χ4v) is 4.46. The van der Waals surface area contributed by atoms with Gasteiger partial charge in [0, 0.05) is 16.9 Å². The molecule has 33 heavy (non-hydrogen) atoms. The Hall–Kier alpha value is -4.43. The van der Waals surface area contributed by atoms with Crippen molar-refractivity contribution in [3.05, 3.63) is 145 Å². The van der Waals surface area contributed by atoms with E-state index in [0.717, 1.165) is 44.9 Å². The lowest BCUT2D eigenvalue weighted by Crippen LogP contribution is -2.18. The number of benzene rings is 4. The predicted molar refractivity (Wildman–Crippen MR) is 138 cm³/mol. The van der Waals surface area contributed by atoms with Gasteiger partial charge < -0.3 is 4.90 Å². The van der Waals surface area contributed by atoms with Gasteiger partial charge in [-0.3, -0.25) is 4.79 Å². The Kier molecular flexibility index (Phi) is 5.34. The minimum absolute atomic E-state index is 0.0455. The van der Waals surface area contributed by atoms with Gasteiger partial charge >= 0.3 is 0 Å². The van der Waals surface area contributed by atoms with Crippen molar-refractivity contribution in [2.24, 2.45) is 0 Å². The second kappa shape index (κ2) is 8.60. The summed E-state index contributed by atoms with van der Waals surface area (Å²) in [5.41, 5.74) is 8.30. The van der Waals surface area contributed by atoms with Gasteiger partial charge in [-0.1, -0.05) is 98.1 Å². The average molecular weight is 426 g/mol. The summed E-state index contributed by atoms with van der Waals surface area (Å²) in [5.74, 6) is 0.0455. The molecule has 2 nitrogen and oxygen atoms in total. The number of carbonyl (C=O) groups is 1. The SMILES string of the molecule is C=CC=C(C=C)N(c1ccc(-c2ccccc2)cc1)c1cccc2c1C(=O)c1ccccc1-2. The summed E-state index contributed by atoms with van der Waals surface area (Å²) in [6.07, 6.45) is 5.44. The van der Waals surface area contributed by atoms with Crippen LogP contribution in [0.2, 0.25) is 0 Å². The quantitative estimate of drug-likeness (QED) is 0.257. The summed E-state index contributed by atoms with van der Waals surface area (Å²) in [6, 6.07) is 32.5. The molecule has 1 aliphatic carbocycles. The van der Waals surface area contributed by atoms with Crippen molar-refractivity contribution in [2.75, 3.05) is 4.90 Å². The van der Waals surface area contributed by atoms with Crippen LogP contribution >= 0.6 is 0 Å². The zero-order chi connectivity index (χ0) is 22.8. The highest BCUT2D eigenvalue weighted by Crippen LogP contribution is 2.44. The number of allylic oxidation sites excluding steroid dienone is 3. The van der Waals surface area contributed by atoms with Gasteiger partial charge in [0.1, 0.15) is 0 Å². The lowest BCUT2D eigenvalue weighted by atomic mass is 10.0. The van der Waals surface area contributed by atoms with Gasteiger partial charge in [0.2, 0.25) is 0 Å². The number of hydrogen-bond donors (Lipinski definition) is 0. The molecular formula is C31H23NO. The van der Waals surface area contributed by atoms with Crippen LogP contribution < -0.4 is 4.90 Å². The Balaban J connectivity index is 1.67. The highest BCUT2D eigenvalue weighted by molar-refractivity contribution is 6.24. The molecule has 1 aliphatic rings. The largest absolute Gasteiger partial charge is 0.310 e. The summed E-state index contributed by atoms with van der Waals surface area (Å²) in [7, 11) is 0. The van der Waals surface area contributed by atoms with Crippen molar-refractivity contribution >= 4 is 17.2 Å². The summed E-state index contributed by atoms with van der Waals surface area (Å²) < 4.78 is 0. The van der Waals surface area contributed by atoms with E-state index >= 15 is 0 Å². The molecule has 2 heteroatoms. The van der Waals surface area contributed by atoms with Crippen molar-refractivity contribution in [2.45, 2.75) is 0 Å². The van der Waals surface area contributed by atoms with Crippen LogP contribution in [0.15, 0.2) is 134 Å². The molecule has 0 fully saturated rings. The minimum atomic E-state index is 0.0455. The first-order valence-electron chi connectivity index (χ1n) is 10.9. The van der Waals surface area contributed by atoms with E-state index in [-0.39, 0.29) is 5.78 Å². The van der Waals surface area contributed by atoms with Crippen LogP contribution in [0.4, 0.5) is 11.4 Å². The van der Waals surface area contributed by atoms with E-state index < -0.39 is 0 Å². The molecule has 0 saturated heterocycles. The number of anilines is 2. The molecule has 158 valence electrons. The molecule has 5 rings (SSSR count). The van der Waals surface area contributed by atoms with Crippen LogP contribution in [0.3, 0.4) is 0 Å². The van der Waals surface area contributed by atoms with E-state index in [1.807, 2.05) is 66.7 Å². The van der Waals surface area contributed by atoms with Crippen LogP contribution in [0.25, 0.3) is 22.3 Å². The first kappa shape index (κ1) is 20.5. The number of fused-ring (bicyclic) bond motifs is 3. The van der Waals surface area contributed by atoms with Gasteiger partial charge in [-0.15, -0.1) is 0 Å². The maximum Gasteiger partial charge on any atom is 0.196 e. The van der Waals surface area contributed by atoms with Crippen LogP contribution in [0, 0.1) is 0 Å². The van der Waals surface area contributed by atoms with Crippen molar-refractivity contribution in [3.8, 4) is 22.3 Å². The highest BCUT2D eigenvalue weighted by atomic mass is 16.1. The van der Waals surface area contributed by atoms with Crippen molar-refractivity contribution in [1.29, 1.82) is 0 Å². The minimum Gasteiger partial charge on any atom is -0.310 e. The number of rotatable bonds is 6. The summed E-state index contributed by atoms with van der Waals surface area (Å²) in [4.78, 5) is 15.5. The van der Waals surface area contributed by atoms with Crippen molar-refractivity contribution in [1.82, 2.24) is 0 Å². The van der Waals surface area contributed by atoms with Crippen LogP contribution in [0.1, 0.15) is 15.9 Å². The Morgan fingerprint density at radius 1 is 0.667 bits per heavy atom. The van der Waals surface area contributed by atoms with E-state index in [9.17, 15) is 4.79 Å². The topological polar surface area (TPSA) is 20.3 Å². The molecule has 4 aromatic carbocycles. The van der Waals surface area contributed by atoms with E-state index in [0.29, 0.717) is 5.56 Å². The Morgan fingerprint density at radius 3 is 2.00 bits per heavy atom. The number of carbonyl (C=O) groups excluding carboxylic acids is 1. The zero-order valence-electron chi connectivity index (χ0n) is 18.2. The van der Waals surface area contributed by atoms with Crippen molar-refractivity contribution in [3.63, 3.8) is 0 Å². The van der Waals surface area contributed by atoms with E-state index in [4.69, 9.17) is 0 Å². The first-order chi connectivity index (χ1) is 16.2. The molecule has 0 spiro atoms. The van der Waals surface area contributed by atoms with Crippen molar-refractivity contribution < 1.29 is 4.79 Å². The molecule has 0 N–H and O–H groups in total. The molecule has 0 radical (unpaired) electrons. The Bertz CT molecular complexity index is 1390. The van der Waals surface area contributed by atoms with E-state index in [1.54, 1.807) is 12.2 Å². The van der Waals surface area contributed by atoms with E-state index in [1.165, 1.54) is 0 Å². The second-order valence-electron chi connectivity index (χ2n) is 7.85. The van der Waals surface area contributed by atoms with Crippen LogP contribution in [-0.4, -0.2) is 5.78 Å². The molecule has 0 bridgehead atoms. The van der Waals surface area contributed by atoms with Crippen LogP contribution in [-0.2, 0) is 0 Å². The molecule has 0 aliphatic heterocycles. The van der Waals surface area contributed by atoms with E-state index in [2.05, 4.69) is 54.5 Å². The monoisotopic (exact) mass is 425 g/mol. The maximum atomic E-state index is 13.5. The Labute approximate surface area is 194 Å². The standard InChI is InChI=1S/C31H23NO/c1-3-11-24(4-2)32(25-20-18-23(19-21-25)22-12-6-5-7-13-22)29-17-10-16-27-26-14-8-9-15-28(26)31(33)30(27)29/h3-21H,1-2H2. The maximum absolute atomic E-state index is 13.5. The summed E-state index contributed by atoms with van der Waals surface area (Å²) in [6.45, 7) is 7.90. The molecule has 0 atom stereocenters. The second-order valence-corrected chi connectivity index (χ2v) is 7.85. The molecule has 4 aromatic rings.